The maximum Gasteiger partial charge on any atom is 0.277 e. The maximum absolute atomic E-state index is 12.1. The number of hydrogen-bond donors (Lipinski definition) is 1. The lowest BCUT2D eigenvalue weighted by Gasteiger charge is -2.05. The average Bonchev–Trinajstić information content (AvgIpc) is 2.85. The monoisotopic (exact) mass is 507 g/mol. The number of allylic oxidation sites excluding steroid dienone is 1. The molecule has 1 aromatic heterocycles. The Kier molecular flexibility index (Phi) is 11.7. The standard InChI is InChI=1S/C21H25N3O.C7H8O3S/c1-3-4-6-12-19(15-18-10-7-5-8-11-18)16-22-23-21(25)20-13-9-14-24(2)17-20;1-6-2-4-7(5-3-6)11(8,9)10/h5,7-11,13-17H,3-4,6,12H2,1-2H3;2-5H,1H3,(H,8,9,10)/b19-15-,22-16+;. The first-order valence-electron chi connectivity index (χ1n) is 11.8. The predicted molar refractivity (Wildman–Crippen MR) is 141 cm³/mol. The van der Waals surface area contributed by atoms with Crippen molar-refractivity contribution in [1.29, 1.82) is 0 Å². The fourth-order valence-electron chi connectivity index (χ4n) is 3.18. The minimum atomic E-state index is -4.27. The van der Waals surface area contributed by atoms with Gasteiger partial charge in [0.15, 0.2) is 12.4 Å². The van der Waals surface area contributed by atoms with Gasteiger partial charge in [0.2, 0.25) is 0 Å². The van der Waals surface area contributed by atoms with E-state index in [-0.39, 0.29) is 10.8 Å². The van der Waals surface area contributed by atoms with E-state index in [1.54, 1.807) is 30.6 Å². The number of carbonyl (C=O) groups excluding carboxylic acids is 1. The van der Waals surface area contributed by atoms with Gasteiger partial charge >= 0.3 is 0 Å². The molecule has 3 rings (SSSR count). The molecule has 0 aliphatic carbocycles. The second kappa shape index (κ2) is 14.7. The quantitative estimate of drug-likeness (QED) is 0.148. The highest BCUT2D eigenvalue weighted by Gasteiger charge is 2.07. The Labute approximate surface area is 214 Å². The summed E-state index contributed by atoms with van der Waals surface area (Å²) in [5, 5.41) is 4.15. The van der Waals surface area contributed by atoms with Gasteiger partial charge in [0.25, 0.3) is 5.91 Å². The molecule has 0 atom stereocenters. The summed E-state index contributed by atoms with van der Waals surface area (Å²) in [5.41, 5.74) is 6.37. The van der Waals surface area contributed by atoms with Gasteiger partial charge in [0, 0.05) is 6.07 Å². The summed E-state index contributed by atoms with van der Waals surface area (Å²) >= 11 is 0. The lowest BCUT2D eigenvalue weighted by Crippen LogP contribution is -2.29. The summed E-state index contributed by atoms with van der Waals surface area (Å²) in [5.74, 6) is -0.208. The van der Waals surface area contributed by atoms with Crippen molar-refractivity contribution in [1.82, 2.24) is 5.43 Å². The zero-order valence-corrected chi connectivity index (χ0v) is 21.7. The molecular formula is C28H33N3O4S. The van der Waals surface area contributed by atoms with Crippen LogP contribution in [0.2, 0.25) is 0 Å². The number of carbonyl (C=O) groups is 1. The van der Waals surface area contributed by atoms with Gasteiger partial charge < -0.3 is 4.55 Å². The Hall–Kier alpha value is -3.62. The zero-order chi connectivity index (χ0) is 26.4. The highest BCUT2D eigenvalue weighted by atomic mass is 32.2. The van der Waals surface area contributed by atoms with Crippen molar-refractivity contribution in [3.63, 3.8) is 0 Å². The van der Waals surface area contributed by atoms with E-state index in [0.29, 0.717) is 5.56 Å². The average molecular weight is 508 g/mol. The van der Waals surface area contributed by atoms with E-state index in [9.17, 15) is 17.8 Å². The molecule has 0 aliphatic rings. The minimum Gasteiger partial charge on any atom is -0.744 e. The van der Waals surface area contributed by atoms with Gasteiger partial charge in [-0.2, -0.15) is 5.10 Å². The first-order chi connectivity index (χ1) is 17.2. The van der Waals surface area contributed by atoms with Crippen molar-refractivity contribution < 1.29 is 22.3 Å². The number of hydrogen-bond acceptors (Lipinski definition) is 5. The Morgan fingerprint density at radius 2 is 1.72 bits per heavy atom. The second-order valence-corrected chi connectivity index (χ2v) is 9.69. The first-order valence-corrected chi connectivity index (χ1v) is 13.2. The number of benzene rings is 2. The summed E-state index contributed by atoms with van der Waals surface area (Å²) in [6, 6.07) is 19.6. The number of nitrogens with one attached hydrogen (secondary N) is 1. The first kappa shape index (κ1) is 28.6. The lowest BCUT2D eigenvalue weighted by molar-refractivity contribution is -0.671. The van der Waals surface area contributed by atoms with Crippen LogP contribution in [0.3, 0.4) is 0 Å². The summed E-state index contributed by atoms with van der Waals surface area (Å²) in [7, 11) is -2.39. The van der Waals surface area contributed by atoms with E-state index in [2.05, 4.69) is 35.7 Å². The number of pyridine rings is 1. The molecule has 7 nitrogen and oxygen atoms in total. The van der Waals surface area contributed by atoms with Crippen LogP contribution < -0.4 is 9.99 Å². The van der Waals surface area contributed by atoms with E-state index < -0.39 is 10.1 Å². The Morgan fingerprint density at radius 1 is 1.03 bits per heavy atom. The van der Waals surface area contributed by atoms with Crippen molar-refractivity contribution in [2.75, 3.05) is 0 Å². The normalized spacial score (nSPS) is 11.6. The Balaban J connectivity index is 0.000000346. The van der Waals surface area contributed by atoms with Crippen LogP contribution >= 0.6 is 0 Å². The van der Waals surface area contributed by atoms with Crippen LogP contribution in [-0.4, -0.2) is 25.1 Å². The third-order valence-electron chi connectivity index (χ3n) is 5.13. The van der Waals surface area contributed by atoms with Gasteiger partial charge in [0.05, 0.1) is 11.1 Å². The molecule has 0 bridgehead atoms. The van der Waals surface area contributed by atoms with Crippen LogP contribution in [0.4, 0.5) is 0 Å². The Bertz CT molecular complexity index is 1270. The van der Waals surface area contributed by atoms with E-state index in [1.165, 1.54) is 25.0 Å². The fourth-order valence-corrected chi connectivity index (χ4v) is 3.65. The molecule has 1 N–H and O–H groups in total. The third-order valence-corrected chi connectivity index (χ3v) is 5.98. The molecule has 0 radical (unpaired) electrons. The molecule has 3 aromatic rings. The summed E-state index contributed by atoms with van der Waals surface area (Å²) in [6.45, 7) is 4.01. The number of aromatic nitrogens is 1. The van der Waals surface area contributed by atoms with Gasteiger partial charge in [-0.1, -0.05) is 73.9 Å². The van der Waals surface area contributed by atoms with E-state index >= 15 is 0 Å². The van der Waals surface area contributed by atoms with Crippen LogP contribution in [0.5, 0.6) is 0 Å². The highest BCUT2D eigenvalue weighted by molar-refractivity contribution is 7.85. The SMILES string of the molecule is CCCCCC(=C/c1ccccc1)/C=N/NC(=O)c1ccc[n+](C)c1.Cc1ccc(S(=O)(=O)[O-])cc1. The lowest BCUT2D eigenvalue weighted by atomic mass is 10.1. The van der Waals surface area contributed by atoms with E-state index in [1.807, 2.05) is 49.0 Å². The van der Waals surface area contributed by atoms with Crippen molar-refractivity contribution in [3.8, 4) is 0 Å². The third kappa shape index (κ3) is 10.8. The highest BCUT2D eigenvalue weighted by Crippen LogP contribution is 2.12. The maximum atomic E-state index is 12.1. The molecule has 0 saturated heterocycles. The van der Waals surface area contributed by atoms with Gasteiger partial charge in [-0.3, -0.25) is 4.79 Å². The van der Waals surface area contributed by atoms with Gasteiger partial charge in [-0.05, 0) is 49.1 Å². The van der Waals surface area contributed by atoms with Crippen LogP contribution in [0, 0.1) is 6.92 Å². The molecule has 1 amide bonds. The molecule has 0 spiro atoms. The van der Waals surface area contributed by atoms with Crippen LogP contribution in [0.1, 0.15) is 54.1 Å². The Morgan fingerprint density at radius 3 is 2.33 bits per heavy atom. The van der Waals surface area contributed by atoms with E-state index in [0.717, 1.165) is 29.5 Å². The minimum absolute atomic E-state index is 0.178. The van der Waals surface area contributed by atoms with Crippen LogP contribution in [-0.2, 0) is 17.2 Å². The number of nitrogens with zero attached hydrogens (tertiary/aromatic N) is 2. The fraction of sp³-hybridized carbons (Fsp3) is 0.250. The van der Waals surface area contributed by atoms with Crippen LogP contribution in [0.25, 0.3) is 6.08 Å². The molecule has 8 heteroatoms. The van der Waals surface area contributed by atoms with E-state index in [4.69, 9.17) is 0 Å². The predicted octanol–water partition coefficient (Wildman–Crippen LogP) is 4.79. The number of rotatable bonds is 9. The van der Waals surface area contributed by atoms with Gasteiger partial charge in [-0.25, -0.2) is 18.4 Å². The number of hydrazone groups is 1. The molecule has 0 aliphatic heterocycles. The molecule has 1 heterocycles. The number of amides is 1. The molecular weight excluding hydrogens is 474 g/mol. The zero-order valence-electron chi connectivity index (χ0n) is 20.9. The van der Waals surface area contributed by atoms with Crippen molar-refractivity contribution in [2.45, 2.75) is 44.4 Å². The second-order valence-electron chi connectivity index (χ2n) is 8.31. The molecule has 190 valence electrons. The molecule has 0 fully saturated rings. The van der Waals surface area contributed by atoms with Crippen LogP contribution in [0.15, 0.2) is 94.7 Å². The topological polar surface area (TPSA) is 103 Å². The van der Waals surface area contributed by atoms with Crippen molar-refractivity contribution >= 4 is 28.3 Å². The molecule has 2 aromatic carbocycles. The smallest absolute Gasteiger partial charge is 0.277 e. The van der Waals surface area contributed by atoms with Gasteiger partial charge in [-0.15, -0.1) is 0 Å². The number of unbranched alkanes of at least 4 members (excludes halogenated alkanes) is 2. The molecule has 0 unspecified atom stereocenters. The summed E-state index contributed by atoms with van der Waals surface area (Å²) in [4.78, 5) is 12.0. The molecule has 0 saturated carbocycles. The molecule has 36 heavy (non-hydrogen) atoms. The number of aryl methyl sites for hydroxylation is 2. The summed E-state index contributed by atoms with van der Waals surface area (Å²) in [6.07, 6.45) is 12.0. The van der Waals surface area contributed by atoms with Gasteiger partial charge in [0.1, 0.15) is 22.7 Å². The largest absolute Gasteiger partial charge is 0.744 e. The summed E-state index contributed by atoms with van der Waals surface area (Å²) < 4.78 is 33.0. The van der Waals surface area contributed by atoms with Crippen molar-refractivity contribution in [3.05, 3.63) is 101 Å². The van der Waals surface area contributed by atoms with Crippen molar-refractivity contribution in [2.24, 2.45) is 12.1 Å².